The molecule has 7 nitrogen and oxygen atoms in total. The van der Waals surface area contributed by atoms with Crippen LogP contribution in [0.25, 0.3) is 11.0 Å². The van der Waals surface area contributed by atoms with E-state index in [1.165, 1.54) is 0 Å². The molecule has 2 heterocycles. The van der Waals surface area contributed by atoms with Gasteiger partial charge in [-0.05, 0) is 38.5 Å². The maximum Gasteiger partial charge on any atom is 0.267 e. The molecule has 2 N–H and O–H groups in total. The molecule has 0 fully saturated rings. The highest BCUT2D eigenvalue weighted by Gasteiger charge is 2.18. The molecule has 24 heavy (non-hydrogen) atoms. The van der Waals surface area contributed by atoms with Gasteiger partial charge in [0, 0.05) is 25.4 Å². The van der Waals surface area contributed by atoms with Crippen molar-refractivity contribution in [3.63, 3.8) is 0 Å². The molecule has 1 aromatic carbocycles. The fourth-order valence-electron chi connectivity index (χ4n) is 2.95. The number of hydrogen-bond acceptors (Lipinski definition) is 4. The summed E-state index contributed by atoms with van der Waals surface area (Å²) in [6.07, 6.45) is 0.665. The largest absolute Gasteiger partial charge is 0.347 e. The molecular formula is C17H21N5O2. The van der Waals surface area contributed by atoms with Crippen LogP contribution in [0, 0.1) is 6.92 Å². The number of rotatable bonds is 4. The number of hydrogen-bond donors (Lipinski definition) is 2. The van der Waals surface area contributed by atoms with Gasteiger partial charge in [0.1, 0.15) is 11.5 Å². The highest BCUT2D eigenvalue weighted by molar-refractivity contribution is 6.39. The van der Waals surface area contributed by atoms with Crippen molar-refractivity contribution in [1.82, 2.24) is 20.3 Å². The molecule has 1 aliphatic heterocycles. The highest BCUT2D eigenvalue weighted by atomic mass is 16.2. The Morgan fingerprint density at radius 1 is 1.38 bits per heavy atom. The molecule has 0 spiro atoms. The summed E-state index contributed by atoms with van der Waals surface area (Å²) in [4.78, 5) is 27.7. The van der Waals surface area contributed by atoms with E-state index in [0.717, 1.165) is 22.4 Å². The summed E-state index contributed by atoms with van der Waals surface area (Å²) < 4.78 is 2.19. The Morgan fingerprint density at radius 2 is 2.17 bits per heavy atom. The lowest BCUT2D eigenvalue weighted by Gasteiger charge is -2.12. The molecule has 1 aromatic heterocycles. The van der Waals surface area contributed by atoms with E-state index in [0.29, 0.717) is 31.1 Å². The predicted octanol–water partition coefficient (Wildman–Crippen LogP) is 1.81. The molecule has 2 amide bonds. The van der Waals surface area contributed by atoms with E-state index < -0.39 is 0 Å². The summed E-state index contributed by atoms with van der Waals surface area (Å²) in [6, 6.07) is 6.37. The topological polar surface area (TPSA) is 88.4 Å². The Bertz CT molecular complexity index is 835. The molecule has 2 aromatic rings. The van der Waals surface area contributed by atoms with Crippen molar-refractivity contribution >= 4 is 28.6 Å². The number of hydrazone groups is 1. The number of nitrogens with zero attached hydrogens (tertiary/aromatic N) is 3. The first-order chi connectivity index (χ1) is 11.5. The van der Waals surface area contributed by atoms with Gasteiger partial charge in [-0.3, -0.25) is 9.59 Å². The molecule has 0 radical (unpaired) electrons. The van der Waals surface area contributed by atoms with Crippen molar-refractivity contribution in [3.8, 4) is 0 Å². The van der Waals surface area contributed by atoms with Gasteiger partial charge in [-0.2, -0.15) is 5.10 Å². The monoisotopic (exact) mass is 327 g/mol. The van der Waals surface area contributed by atoms with Gasteiger partial charge in [-0.15, -0.1) is 0 Å². The molecular weight excluding hydrogens is 306 g/mol. The molecule has 0 atom stereocenters. The number of amides is 2. The first-order valence-corrected chi connectivity index (χ1v) is 8.07. The number of benzene rings is 1. The normalized spacial score (nSPS) is 14.7. The third-order valence-corrected chi connectivity index (χ3v) is 4.07. The Labute approximate surface area is 140 Å². The quantitative estimate of drug-likeness (QED) is 0.897. The number of imidazole rings is 1. The van der Waals surface area contributed by atoms with E-state index >= 15 is 0 Å². The van der Waals surface area contributed by atoms with Crippen molar-refractivity contribution in [2.45, 2.75) is 46.2 Å². The smallest absolute Gasteiger partial charge is 0.267 e. The Morgan fingerprint density at radius 3 is 2.83 bits per heavy atom. The maximum atomic E-state index is 12.1. The van der Waals surface area contributed by atoms with Crippen molar-refractivity contribution in [1.29, 1.82) is 0 Å². The zero-order valence-electron chi connectivity index (χ0n) is 14.1. The molecule has 0 saturated carbocycles. The predicted molar refractivity (Wildman–Crippen MR) is 91.5 cm³/mol. The summed E-state index contributed by atoms with van der Waals surface area (Å²) >= 11 is 0. The average Bonchev–Trinajstić information content (AvgIpc) is 2.88. The highest BCUT2D eigenvalue weighted by Crippen LogP contribution is 2.21. The van der Waals surface area contributed by atoms with E-state index in [9.17, 15) is 9.59 Å². The lowest BCUT2D eigenvalue weighted by atomic mass is 10.1. The van der Waals surface area contributed by atoms with Crippen LogP contribution in [0.3, 0.4) is 0 Å². The lowest BCUT2D eigenvalue weighted by Crippen LogP contribution is -2.36. The second-order valence-corrected chi connectivity index (χ2v) is 6.22. The van der Waals surface area contributed by atoms with Gasteiger partial charge in [0.2, 0.25) is 5.91 Å². The Kier molecular flexibility index (Phi) is 4.33. The van der Waals surface area contributed by atoms with Crippen LogP contribution in [0.4, 0.5) is 0 Å². The van der Waals surface area contributed by atoms with E-state index in [2.05, 4.69) is 39.2 Å². The van der Waals surface area contributed by atoms with E-state index in [1.54, 1.807) is 0 Å². The molecule has 0 saturated heterocycles. The minimum Gasteiger partial charge on any atom is -0.347 e. The van der Waals surface area contributed by atoms with Crippen LogP contribution in [-0.2, 0) is 16.1 Å². The Balaban J connectivity index is 1.72. The number of carbonyl (C=O) groups excluding carboxylic acids is 2. The molecule has 3 rings (SSSR count). The molecule has 7 heteroatoms. The van der Waals surface area contributed by atoms with Gasteiger partial charge in [-0.25, -0.2) is 10.4 Å². The van der Waals surface area contributed by atoms with Gasteiger partial charge < -0.3 is 9.88 Å². The number of carbonyl (C=O) groups is 2. The Hall–Kier alpha value is -2.70. The van der Waals surface area contributed by atoms with Crippen molar-refractivity contribution in [3.05, 3.63) is 29.6 Å². The van der Waals surface area contributed by atoms with E-state index in [-0.39, 0.29) is 11.8 Å². The summed E-state index contributed by atoms with van der Waals surface area (Å²) in [5.41, 5.74) is 5.68. The van der Waals surface area contributed by atoms with Crippen LogP contribution < -0.4 is 10.7 Å². The first kappa shape index (κ1) is 16.2. The van der Waals surface area contributed by atoms with Gasteiger partial charge in [0.15, 0.2) is 0 Å². The summed E-state index contributed by atoms with van der Waals surface area (Å²) in [5, 5.41) is 6.63. The number of fused-ring (bicyclic) bond motifs is 1. The van der Waals surface area contributed by atoms with E-state index in [1.807, 2.05) is 25.1 Å². The minimum absolute atomic E-state index is 0.159. The second-order valence-electron chi connectivity index (χ2n) is 6.22. The van der Waals surface area contributed by atoms with Crippen LogP contribution in [0.5, 0.6) is 0 Å². The standard InChI is InChI=1S/C17H21N5O2/c1-10(2)22-11(3)19-14-8-12(4-6-15(14)22)9-18-17(24)13-5-7-16(23)21-20-13/h4,6,8,10H,5,7,9H2,1-3H3,(H,18,24)(H,21,23). The minimum atomic E-state index is -0.251. The van der Waals surface area contributed by atoms with Gasteiger partial charge in [-0.1, -0.05) is 6.07 Å². The summed E-state index contributed by atoms with van der Waals surface area (Å²) in [6.45, 7) is 6.66. The number of aryl methyl sites for hydroxylation is 1. The maximum absolute atomic E-state index is 12.1. The average molecular weight is 327 g/mol. The lowest BCUT2D eigenvalue weighted by molar-refractivity contribution is -0.121. The molecule has 0 unspecified atom stereocenters. The molecule has 126 valence electrons. The van der Waals surface area contributed by atoms with Crippen LogP contribution >= 0.6 is 0 Å². The number of aromatic nitrogens is 2. The van der Waals surface area contributed by atoms with Gasteiger partial charge >= 0.3 is 0 Å². The number of nitrogens with one attached hydrogen (secondary N) is 2. The fraction of sp³-hybridized carbons (Fsp3) is 0.412. The van der Waals surface area contributed by atoms with Crippen molar-refractivity contribution < 1.29 is 9.59 Å². The van der Waals surface area contributed by atoms with Crippen molar-refractivity contribution in [2.24, 2.45) is 5.10 Å². The SMILES string of the molecule is Cc1nc2cc(CNC(=O)C3=NNC(=O)CC3)ccc2n1C(C)C. The van der Waals surface area contributed by atoms with E-state index in [4.69, 9.17) is 0 Å². The van der Waals surface area contributed by atoms with Crippen LogP contribution in [-0.4, -0.2) is 27.1 Å². The third-order valence-electron chi connectivity index (χ3n) is 4.07. The summed E-state index contributed by atoms with van der Waals surface area (Å²) in [7, 11) is 0. The third kappa shape index (κ3) is 3.15. The van der Waals surface area contributed by atoms with Gasteiger partial charge in [0.05, 0.1) is 11.0 Å². The van der Waals surface area contributed by atoms with Crippen LogP contribution in [0.1, 0.15) is 44.1 Å². The summed E-state index contributed by atoms with van der Waals surface area (Å²) in [5.74, 6) is 0.570. The molecule has 0 aliphatic carbocycles. The second kappa shape index (κ2) is 6.43. The fourth-order valence-corrected chi connectivity index (χ4v) is 2.95. The van der Waals surface area contributed by atoms with Crippen LogP contribution in [0.15, 0.2) is 23.3 Å². The molecule has 0 bridgehead atoms. The van der Waals surface area contributed by atoms with Gasteiger partial charge in [0.25, 0.3) is 5.91 Å². The van der Waals surface area contributed by atoms with Crippen LogP contribution in [0.2, 0.25) is 0 Å². The van der Waals surface area contributed by atoms with Crippen molar-refractivity contribution in [2.75, 3.05) is 0 Å². The zero-order valence-corrected chi connectivity index (χ0v) is 14.1. The molecule has 1 aliphatic rings. The zero-order chi connectivity index (χ0) is 17.3. The first-order valence-electron chi connectivity index (χ1n) is 8.07.